The number of fused-ring (bicyclic) bond motifs is 1. The number of hydrogen-bond donors (Lipinski definition) is 0. The highest BCUT2D eigenvalue weighted by atomic mass is 16.5. The highest BCUT2D eigenvalue weighted by molar-refractivity contribution is 5.97. The smallest absolute Gasteiger partial charge is 0.337 e. The summed E-state index contributed by atoms with van der Waals surface area (Å²) in [4.78, 5) is 15.7. The molecule has 0 N–H and O–H groups in total. The summed E-state index contributed by atoms with van der Waals surface area (Å²) in [6.45, 7) is 0.450. The van der Waals surface area contributed by atoms with Crippen LogP contribution in [0.4, 0.5) is 0 Å². The van der Waals surface area contributed by atoms with Crippen molar-refractivity contribution in [1.82, 2.24) is 4.98 Å². The lowest BCUT2D eigenvalue weighted by atomic mass is 10.1. The first kappa shape index (κ1) is 14.1. The molecule has 0 saturated carbocycles. The van der Waals surface area contributed by atoms with Gasteiger partial charge in [0.05, 0.1) is 12.7 Å². The molecule has 1 aromatic heterocycles. The Hall–Kier alpha value is -2.88. The fourth-order valence-electron chi connectivity index (χ4n) is 2.27. The molecule has 1 heterocycles. The van der Waals surface area contributed by atoms with E-state index < -0.39 is 0 Å². The second kappa shape index (κ2) is 6.26. The molecule has 0 unspecified atom stereocenters. The Kier molecular flexibility index (Phi) is 4.01. The molecular formula is C18H15NO3. The maximum atomic E-state index is 11.6. The summed E-state index contributed by atoms with van der Waals surface area (Å²) < 4.78 is 10.6. The SMILES string of the molecule is COC(=O)c1ccc2c(OCc3cccnc3)cccc2c1. The summed E-state index contributed by atoms with van der Waals surface area (Å²) in [5, 5.41) is 1.89. The van der Waals surface area contributed by atoms with Crippen LogP contribution in [0.3, 0.4) is 0 Å². The second-order valence-electron chi connectivity index (χ2n) is 4.83. The summed E-state index contributed by atoms with van der Waals surface area (Å²) >= 11 is 0. The van der Waals surface area contributed by atoms with Crippen LogP contribution in [-0.2, 0) is 11.3 Å². The minimum absolute atomic E-state index is 0.344. The van der Waals surface area contributed by atoms with Gasteiger partial charge in [0, 0.05) is 23.3 Å². The van der Waals surface area contributed by atoms with Gasteiger partial charge in [-0.3, -0.25) is 4.98 Å². The molecule has 22 heavy (non-hydrogen) atoms. The van der Waals surface area contributed by atoms with Crippen LogP contribution in [0.1, 0.15) is 15.9 Å². The minimum atomic E-state index is -0.344. The van der Waals surface area contributed by atoms with Gasteiger partial charge in [0.1, 0.15) is 12.4 Å². The van der Waals surface area contributed by atoms with Gasteiger partial charge in [-0.25, -0.2) is 4.79 Å². The van der Waals surface area contributed by atoms with Gasteiger partial charge in [-0.2, -0.15) is 0 Å². The average molecular weight is 293 g/mol. The molecule has 0 amide bonds. The van der Waals surface area contributed by atoms with Crippen LogP contribution in [0, 0.1) is 0 Å². The Labute approximate surface area is 128 Å². The zero-order valence-corrected chi connectivity index (χ0v) is 12.2. The quantitative estimate of drug-likeness (QED) is 0.690. The van der Waals surface area contributed by atoms with Gasteiger partial charge < -0.3 is 9.47 Å². The van der Waals surface area contributed by atoms with Crippen molar-refractivity contribution in [2.75, 3.05) is 7.11 Å². The summed E-state index contributed by atoms with van der Waals surface area (Å²) in [6, 6.07) is 15.0. The number of ether oxygens (including phenoxy) is 2. The average Bonchev–Trinajstić information content (AvgIpc) is 2.59. The highest BCUT2D eigenvalue weighted by Gasteiger charge is 2.08. The lowest BCUT2D eigenvalue weighted by molar-refractivity contribution is 0.0601. The number of esters is 1. The molecular weight excluding hydrogens is 278 g/mol. The van der Waals surface area contributed by atoms with Crippen LogP contribution < -0.4 is 4.74 Å². The number of rotatable bonds is 4. The number of carbonyl (C=O) groups excluding carboxylic acids is 1. The number of methoxy groups -OCH3 is 1. The molecule has 0 aliphatic carbocycles. The molecule has 0 radical (unpaired) electrons. The van der Waals surface area contributed by atoms with Crippen molar-refractivity contribution < 1.29 is 14.3 Å². The number of hydrogen-bond acceptors (Lipinski definition) is 4. The van der Waals surface area contributed by atoms with E-state index in [1.54, 1.807) is 24.5 Å². The number of benzene rings is 2. The molecule has 110 valence electrons. The topological polar surface area (TPSA) is 48.4 Å². The third-order valence-corrected chi connectivity index (χ3v) is 3.38. The molecule has 0 saturated heterocycles. The first-order valence-electron chi connectivity index (χ1n) is 6.91. The Balaban J connectivity index is 1.88. The van der Waals surface area contributed by atoms with E-state index in [4.69, 9.17) is 9.47 Å². The van der Waals surface area contributed by atoms with Crippen molar-refractivity contribution in [3.05, 3.63) is 72.1 Å². The monoisotopic (exact) mass is 293 g/mol. The molecule has 3 rings (SSSR count). The summed E-state index contributed by atoms with van der Waals surface area (Å²) in [6.07, 6.45) is 3.51. The van der Waals surface area contributed by atoms with Gasteiger partial charge in [-0.05, 0) is 35.7 Å². The lowest BCUT2D eigenvalue weighted by Gasteiger charge is -2.10. The Morgan fingerprint density at radius 2 is 2.05 bits per heavy atom. The van der Waals surface area contributed by atoms with Crippen molar-refractivity contribution in [2.45, 2.75) is 6.61 Å². The normalized spacial score (nSPS) is 10.4. The van der Waals surface area contributed by atoms with Gasteiger partial charge in [-0.1, -0.05) is 18.2 Å². The number of nitrogens with zero attached hydrogens (tertiary/aromatic N) is 1. The van der Waals surface area contributed by atoms with Gasteiger partial charge in [0.25, 0.3) is 0 Å². The maximum Gasteiger partial charge on any atom is 0.337 e. The maximum absolute atomic E-state index is 11.6. The number of pyridine rings is 1. The summed E-state index contributed by atoms with van der Waals surface area (Å²) in [7, 11) is 1.37. The first-order chi connectivity index (χ1) is 10.8. The Morgan fingerprint density at radius 1 is 1.14 bits per heavy atom. The summed E-state index contributed by atoms with van der Waals surface area (Å²) in [5.41, 5.74) is 1.53. The van der Waals surface area contributed by atoms with Crippen molar-refractivity contribution in [3.63, 3.8) is 0 Å². The minimum Gasteiger partial charge on any atom is -0.488 e. The molecule has 0 bridgehead atoms. The van der Waals surface area contributed by atoms with Crippen molar-refractivity contribution >= 4 is 16.7 Å². The van der Waals surface area contributed by atoms with E-state index in [1.807, 2.05) is 36.4 Å². The predicted molar refractivity (Wildman–Crippen MR) is 83.9 cm³/mol. The van der Waals surface area contributed by atoms with E-state index in [1.165, 1.54) is 7.11 Å². The first-order valence-corrected chi connectivity index (χ1v) is 6.91. The van der Waals surface area contributed by atoms with E-state index in [2.05, 4.69) is 4.98 Å². The van der Waals surface area contributed by atoms with Gasteiger partial charge >= 0.3 is 5.97 Å². The Morgan fingerprint density at radius 3 is 2.82 bits per heavy atom. The standard InChI is InChI=1S/C18H15NO3/c1-21-18(20)15-7-8-16-14(10-15)5-2-6-17(16)22-12-13-4-3-9-19-11-13/h2-11H,12H2,1H3. The van der Waals surface area contributed by atoms with E-state index in [0.717, 1.165) is 22.1 Å². The zero-order chi connectivity index (χ0) is 15.4. The van der Waals surface area contributed by atoms with Crippen molar-refractivity contribution in [2.24, 2.45) is 0 Å². The van der Waals surface area contributed by atoms with E-state index in [-0.39, 0.29) is 5.97 Å². The lowest BCUT2D eigenvalue weighted by Crippen LogP contribution is -2.01. The van der Waals surface area contributed by atoms with Gasteiger partial charge in [-0.15, -0.1) is 0 Å². The van der Waals surface area contributed by atoms with Crippen LogP contribution in [-0.4, -0.2) is 18.1 Å². The third kappa shape index (κ3) is 2.91. The largest absolute Gasteiger partial charge is 0.488 e. The molecule has 4 heteroatoms. The highest BCUT2D eigenvalue weighted by Crippen LogP contribution is 2.27. The molecule has 0 aliphatic rings. The van der Waals surface area contributed by atoms with E-state index in [0.29, 0.717) is 12.2 Å². The zero-order valence-electron chi connectivity index (χ0n) is 12.2. The van der Waals surface area contributed by atoms with Crippen LogP contribution in [0.25, 0.3) is 10.8 Å². The van der Waals surface area contributed by atoms with E-state index in [9.17, 15) is 4.79 Å². The molecule has 4 nitrogen and oxygen atoms in total. The van der Waals surface area contributed by atoms with Crippen LogP contribution in [0.5, 0.6) is 5.75 Å². The third-order valence-electron chi connectivity index (χ3n) is 3.38. The second-order valence-corrected chi connectivity index (χ2v) is 4.83. The van der Waals surface area contributed by atoms with Crippen molar-refractivity contribution in [3.8, 4) is 5.75 Å². The molecule has 0 aliphatic heterocycles. The molecule has 2 aromatic carbocycles. The fourth-order valence-corrected chi connectivity index (χ4v) is 2.27. The van der Waals surface area contributed by atoms with Crippen LogP contribution in [0.2, 0.25) is 0 Å². The molecule has 0 atom stereocenters. The molecule has 0 fully saturated rings. The van der Waals surface area contributed by atoms with Gasteiger partial charge in [0.15, 0.2) is 0 Å². The van der Waals surface area contributed by atoms with Crippen LogP contribution >= 0.6 is 0 Å². The number of carbonyl (C=O) groups is 1. The van der Waals surface area contributed by atoms with Gasteiger partial charge in [0.2, 0.25) is 0 Å². The molecule has 0 spiro atoms. The van der Waals surface area contributed by atoms with Crippen LogP contribution in [0.15, 0.2) is 60.9 Å². The number of aromatic nitrogens is 1. The fraction of sp³-hybridized carbons (Fsp3) is 0.111. The molecule has 3 aromatic rings. The summed E-state index contributed by atoms with van der Waals surface area (Å²) in [5.74, 6) is 0.432. The predicted octanol–water partition coefficient (Wildman–Crippen LogP) is 3.60. The van der Waals surface area contributed by atoms with E-state index >= 15 is 0 Å². The Bertz CT molecular complexity index is 800. The van der Waals surface area contributed by atoms with Crippen molar-refractivity contribution in [1.29, 1.82) is 0 Å².